The van der Waals surface area contributed by atoms with Gasteiger partial charge in [0.1, 0.15) is 0 Å². The number of hydrogen-bond donors (Lipinski definition) is 1. The molecule has 0 spiro atoms. The predicted molar refractivity (Wildman–Crippen MR) is 103 cm³/mol. The van der Waals surface area contributed by atoms with E-state index in [0.29, 0.717) is 10.0 Å². The maximum atomic E-state index is 12.1. The molecule has 0 atom stereocenters. The second-order valence-electron chi connectivity index (χ2n) is 6.34. The van der Waals surface area contributed by atoms with Gasteiger partial charge < -0.3 is 5.32 Å². The molecule has 1 fully saturated rings. The predicted octanol–water partition coefficient (Wildman–Crippen LogP) is 4.55. The Balaban J connectivity index is 1.80. The molecule has 1 aromatic rings. The minimum atomic E-state index is -0.0891. The van der Waals surface area contributed by atoms with Crippen LogP contribution in [0.3, 0.4) is 0 Å². The number of amides is 1. The summed E-state index contributed by atoms with van der Waals surface area (Å²) in [6, 6.07) is 5.61. The second kappa shape index (κ2) is 9.26. The molecular weight excluding hydrogens is 343 g/mol. The Hall–Kier alpha value is -1.29. The van der Waals surface area contributed by atoms with Crippen LogP contribution in [-0.4, -0.2) is 36.5 Å². The molecule has 1 N–H and O–H groups in total. The van der Waals surface area contributed by atoms with E-state index in [-0.39, 0.29) is 11.9 Å². The molecule has 3 nitrogen and oxygen atoms in total. The Morgan fingerprint density at radius 2 is 2.00 bits per heavy atom. The maximum Gasteiger partial charge on any atom is 0.244 e. The number of hydrogen-bond acceptors (Lipinski definition) is 2. The van der Waals surface area contributed by atoms with E-state index in [1.54, 1.807) is 12.1 Å². The summed E-state index contributed by atoms with van der Waals surface area (Å²) in [5, 5.41) is 4.02. The van der Waals surface area contributed by atoms with Crippen molar-refractivity contribution in [3.63, 3.8) is 0 Å². The highest BCUT2D eigenvalue weighted by Crippen LogP contribution is 2.26. The summed E-state index contributed by atoms with van der Waals surface area (Å²) < 4.78 is 0. The van der Waals surface area contributed by atoms with Crippen LogP contribution >= 0.6 is 23.2 Å². The van der Waals surface area contributed by atoms with Crippen LogP contribution in [0, 0.1) is 0 Å². The molecule has 0 radical (unpaired) electrons. The van der Waals surface area contributed by atoms with E-state index in [1.807, 2.05) is 12.1 Å². The van der Waals surface area contributed by atoms with Crippen LogP contribution < -0.4 is 5.32 Å². The topological polar surface area (TPSA) is 32.3 Å². The zero-order valence-electron chi connectivity index (χ0n) is 14.2. The maximum absolute atomic E-state index is 12.1. The van der Waals surface area contributed by atoms with Gasteiger partial charge in [-0.3, -0.25) is 9.69 Å². The molecule has 0 bridgehead atoms. The molecule has 5 heteroatoms. The van der Waals surface area contributed by atoms with Crippen molar-refractivity contribution < 1.29 is 4.79 Å². The van der Waals surface area contributed by atoms with Gasteiger partial charge in [0.05, 0.1) is 10.0 Å². The number of halogens is 2. The quantitative estimate of drug-likeness (QED) is 0.612. The number of nitrogens with one attached hydrogen (secondary N) is 1. The molecule has 0 aromatic heterocycles. The molecule has 2 rings (SSSR count). The first-order chi connectivity index (χ1) is 11.5. The van der Waals surface area contributed by atoms with Crippen LogP contribution in [-0.2, 0) is 4.79 Å². The van der Waals surface area contributed by atoms with Gasteiger partial charge in [0.15, 0.2) is 0 Å². The number of rotatable bonds is 5. The first-order valence-corrected chi connectivity index (χ1v) is 8.99. The molecule has 1 amide bonds. The zero-order chi connectivity index (χ0) is 17.5. The largest absolute Gasteiger partial charge is 0.350 e. The Morgan fingerprint density at radius 3 is 2.67 bits per heavy atom. The molecule has 1 aromatic carbocycles. The van der Waals surface area contributed by atoms with Crippen LogP contribution in [0.4, 0.5) is 0 Å². The van der Waals surface area contributed by atoms with Gasteiger partial charge in [-0.25, -0.2) is 0 Å². The summed E-state index contributed by atoms with van der Waals surface area (Å²) in [5.74, 6) is -0.0891. The Morgan fingerprint density at radius 1 is 1.29 bits per heavy atom. The summed E-state index contributed by atoms with van der Waals surface area (Å²) in [6.45, 7) is 7.25. The van der Waals surface area contributed by atoms with Gasteiger partial charge in [0.2, 0.25) is 5.91 Å². The van der Waals surface area contributed by atoms with Crippen LogP contribution in [0.25, 0.3) is 6.08 Å². The van der Waals surface area contributed by atoms with E-state index in [2.05, 4.69) is 30.1 Å². The van der Waals surface area contributed by atoms with Crippen molar-refractivity contribution in [2.24, 2.45) is 0 Å². The average Bonchev–Trinajstić information content (AvgIpc) is 2.55. The van der Waals surface area contributed by atoms with Gasteiger partial charge in [-0.05, 0) is 44.4 Å². The summed E-state index contributed by atoms with van der Waals surface area (Å²) in [7, 11) is 0. The monoisotopic (exact) mass is 366 g/mol. The van der Waals surface area contributed by atoms with Crippen molar-refractivity contribution in [3.8, 4) is 0 Å². The van der Waals surface area contributed by atoms with Crippen molar-refractivity contribution >= 4 is 35.2 Å². The summed E-state index contributed by atoms with van der Waals surface area (Å²) >= 11 is 12.1. The summed E-state index contributed by atoms with van der Waals surface area (Å²) in [5.41, 5.74) is 2.09. The molecule has 0 saturated carbocycles. The van der Waals surface area contributed by atoms with Crippen LogP contribution in [0.1, 0.15) is 32.3 Å². The molecule has 1 aliphatic rings. The number of benzene rings is 1. The lowest BCUT2D eigenvalue weighted by molar-refractivity contribution is -0.117. The first-order valence-electron chi connectivity index (χ1n) is 8.24. The van der Waals surface area contributed by atoms with Crippen molar-refractivity contribution in [1.29, 1.82) is 0 Å². The minimum Gasteiger partial charge on any atom is -0.350 e. The highest BCUT2D eigenvalue weighted by molar-refractivity contribution is 6.42. The Bertz CT molecular complexity index is 628. The highest BCUT2D eigenvalue weighted by Gasteiger charge is 2.19. The van der Waals surface area contributed by atoms with E-state index in [0.717, 1.165) is 38.0 Å². The molecule has 1 aliphatic heterocycles. The molecule has 0 aliphatic carbocycles. The van der Waals surface area contributed by atoms with Crippen LogP contribution in [0.15, 0.2) is 35.9 Å². The van der Waals surface area contributed by atoms with Crippen molar-refractivity contribution in [1.82, 2.24) is 10.2 Å². The fourth-order valence-electron chi connectivity index (χ4n) is 2.64. The first kappa shape index (κ1) is 19.0. The highest BCUT2D eigenvalue weighted by atomic mass is 35.5. The standard InChI is InChI=1S/C19H24Cl2N2O/c1-14(2)8-11-23-12-9-16(10-13-23)22-18(24)7-6-15-4-3-5-17(20)19(15)21/h3-8,16H,9-13H2,1-2H3,(H,22,24)/b7-6+. The fourth-order valence-corrected chi connectivity index (χ4v) is 3.01. The van der Waals surface area contributed by atoms with Crippen molar-refractivity contribution in [3.05, 3.63) is 51.5 Å². The smallest absolute Gasteiger partial charge is 0.244 e. The zero-order valence-corrected chi connectivity index (χ0v) is 15.7. The number of carbonyl (C=O) groups is 1. The molecule has 1 heterocycles. The molecular formula is C19H24Cl2N2O. The normalized spacial score (nSPS) is 16.3. The lowest BCUT2D eigenvalue weighted by Gasteiger charge is -2.31. The molecule has 130 valence electrons. The van der Waals surface area contributed by atoms with Gasteiger partial charge in [0, 0.05) is 31.8 Å². The van der Waals surface area contributed by atoms with E-state index >= 15 is 0 Å². The third-order valence-corrected chi connectivity index (χ3v) is 4.92. The van der Waals surface area contributed by atoms with E-state index in [1.165, 1.54) is 11.6 Å². The van der Waals surface area contributed by atoms with Crippen LogP contribution in [0.5, 0.6) is 0 Å². The fraction of sp³-hybridized carbons (Fsp3) is 0.421. The SMILES string of the molecule is CC(C)=CCN1CCC(NC(=O)/C=C/c2cccc(Cl)c2Cl)CC1. The third-order valence-electron chi connectivity index (χ3n) is 4.09. The summed E-state index contributed by atoms with van der Waals surface area (Å²) in [4.78, 5) is 14.5. The van der Waals surface area contributed by atoms with E-state index < -0.39 is 0 Å². The molecule has 24 heavy (non-hydrogen) atoms. The number of allylic oxidation sites excluding steroid dienone is 1. The van der Waals surface area contributed by atoms with Crippen LogP contribution in [0.2, 0.25) is 10.0 Å². The third kappa shape index (κ3) is 5.97. The van der Waals surface area contributed by atoms with E-state index in [9.17, 15) is 4.79 Å². The van der Waals surface area contributed by atoms with Gasteiger partial charge in [-0.15, -0.1) is 0 Å². The lowest BCUT2D eigenvalue weighted by Crippen LogP contribution is -2.44. The van der Waals surface area contributed by atoms with Gasteiger partial charge in [0.25, 0.3) is 0 Å². The minimum absolute atomic E-state index is 0.0891. The Kier molecular flexibility index (Phi) is 7.35. The average molecular weight is 367 g/mol. The molecule has 0 unspecified atom stereocenters. The number of likely N-dealkylation sites (tertiary alicyclic amines) is 1. The molecule has 1 saturated heterocycles. The summed E-state index contributed by atoms with van der Waals surface area (Å²) in [6.07, 6.45) is 7.43. The Labute approximate surface area is 154 Å². The number of carbonyl (C=O) groups excluding carboxylic acids is 1. The van der Waals surface area contributed by atoms with E-state index in [4.69, 9.17) is 23.2 Å². The van der Waals surface area contributed by atoms with Gasteiger partial charge >= 0.3 is 0 Å². The second-order valence-corrected chi connectivity index (χ2v) is 7.13. The van der Waals surface area contributed by atoms with Gasteiger partial charge in [-0.1, -0.05) is 47.0 Å². The van der Waals surface area contributed by atoms with Gasteiger partial charge in [-0.2, -0.15) is 0 Å². The van der Waals surface area contributed by atoms with Crippen molar-refractivity contribution in [2.75, 3.05) is 19.6 Å². The van der Waals surface area contributed by atoms with Crippen molar-refractivity contribution in [2.45, 2.75) is 32.7 Å². The number of piperidine rings is 1. The lowest BCUT2D eigenvalue weighted by atomic mass is 10.0. The number of nitrogens with zero attached hydrogens (tertiary/aromatic N) is 1.